The molecule has 0 aliphatic heterocycles. The highest BCUT2D eigenvalue weighted by atomic mass is 35.5. The lowest BCUT2D eigenvalue weighted by Crippen LogP contribution is -2.32. The van der Waals surface area contributed by atoms with Crippen molar-refractivity contribution >= 4 is 21.6 Å². The largest absolute Gasteiger partial charge is 0.241 e. The molecule has 0 fully saturated rings. The zero-order valence-electron chi connectivity index (χ0n) is 12.9. The Labute approximate surface area is 149 Å². The Hall–Kier alpha value is -2.29. The second kappa shape index (κ2) is 7.30. The third-order valence-corrected chi connectivity index (χ3v) is 5.27. The predicted octanol–water partition coefficient (Wildman–Crippen LogP) is 2.79. The Morgan fingerprint density at radius 1 is 1.12 bits per heavy atom. The molecule has 0 bridgehead atoms. The van der Waals surface area contributed by atoms with E-state index in [-0.39, 0.29) is 16.5 Å². The van der Waals surface area contributed by atoms with E-state index in [9.17, 15) is 12.8 Å². The second-order valence-electron chi connectivity index (χ2n) is 5.24. The van der Waals surface area contributed by atoms with Crippen LogP contribution in [0.25, 0.3) is 0 Å². The number of nitrogens with zero attached hydrogens (tertiary/aromatic N) is 3. The van der Waals surface area contributed by atoms with E-state index in [2.05, 4.69) is 14.9 Å². The molecule has 9 heteroatoms. The molecule has 0 radical (unpaired) electrons. The van der Waals surface area contributed by atoms with Crippen LogP contribution < -0.4 is 4.72 Å². The molecule has 1 atom stereocenters. The molecule has 130 valence electrons. The maximum absolute atomic E-state index is 13.3. The van der Waals surface area contributed by atoms with Gasteiger partial charge in [-0.2, -0.15) is 15.0 Å². The number of aromatic nitrogens is 3. The summed E-state index contributed by atoms with van der Waals surface area (Å²) in [7, 11) is -3.92. The van der Waals surface area contributed by atoms with Crippen LogP contribution in [0.2, 0.25) is 5.02 Å². The number of sulfonamides is 1. The van der Waals surface area contributed by atoms with Gasteiger partial charge in [0.05, 0.1) is 34.9 Å². The highest BCUT2D eigenvalue weighted by molar-refractivity contribution is 7.89. The number of benzene rings is 2. The molecule has 0 saturated heterocycles. The molecule has 1 aromatic heterocycles. The van der Waals surface area contributed by atoms with Gasteiger partial charge in [0.25, 0.3) is 0 Å². The fourth-order valence-corrected chi connectivity index (χ4v) is 3.78. The molecule has 2 aromatic carbocycles. The number of hydrogen-bond acceptors (Lipinski definition) is 4. The molecule has 0 saturated carbocycles. The van der Waals surface area contributed by atoms with Gasteiger partial charge < -0.3 is 0 Å². The average Bonchev–Trinajstić information content (AvgIpc) is 3.10. The number of nitrogens with one attached hydrogen (secondary N) is 1. The van der Waals surface area contributed by atoms with E-state index in [0.29, 0.717) is 0 Å². The minimum absolute atomic E-state index is 0.117. The van der Waals surface area contributed by atoms with Crippen molar-refractivity contribution in [1.29, 1.82) is 0 Å². The van der Waals surface area contributed by atoms with Gasteiger partial charge in [0.2, 0.25) is 10.0 Å². The van der Waals surface area contributed by atoms with E-state index < -0.39 is 21.9 Å². The third-order valence-electron chi connectivity index (χ3n) is 3.51. The molecule has 0 spiro atoms. The van der Waals surface area contributed by atoms with Crippen LogP contribution in [0.4, 0.5) is 4.39 Å². The number of halogens is 2. The molecule has 0 aliphatic carbocycles. The third kappa shape index (κ3) is 4.22. The van der Waals surface area contributed by atoms with E-state index in [1.165, 1.54) is 17.2 Å². The monoisotopic (exact) mass is 380 g/mol. The summed E-state index contributed by atoms with van der Waals surface area (Å²) in [4.78, 5) is 1.27. The summed E-state index contributed by atoms with van der Waals surface area (Å²) in [5.74, 6) is -0.680. The lowest BCUT2D eigenvalue weighted by atomic mass is 10.1. The first-order valence-electron chi connectivity index (χ1n) is 7.32. The van der Waals surface area contributed by atoms with Gasteiger partial charge in [-0.15, -0.1) is 0 Å². The normalized spacial score (nSPS) is 12.9. The van der Waals surface area contributed by atoms with Crippen LogP contribution in [0.1, 0.15) is 11.6 Å². The molecule has 1 N–H and O–H groups in total. The minimum Gasteiger partial charge on any atom is -0.207 e. The van der Waals surface area contributed by atoms with Crippen molar-refractivity contribution in [2.45, 2.75) is 17.5 Å². The van der Waals surface area contributed by atoms with Crippen LogP contribution in [-0.2, 0) is 16.6 Å². The van der Waals surface area contributed by atoms with E-state index in [1.807, 2.05) is 18.2 Å². The molecule has 0 unspecified atom stereocenters. The first-order valence-corrected chi connectivity index (χ1v) is 9.18. The fourth-order valence-electron chi connectivity index (χ4n) is 2.30. The van der Waals surface area contributed by atoms with Crippen molar-refractivity contribution in [3.63, 3.8) is 0 Å². The minimum atomic E-state index is -3.92. The summed E-state index contributed by atoms with van der Waals surface area (Å²) in [5, 5.41) is 7.76. The van der Waals surface area contributed by atoms with Crippen LogP contribution in [0, 0.1) is 5.82 Å². The van der Waals surface area contributed by atoms with Gasteiger partial charge in [-0.05, 0) is 23.8 Å². The predicted molar refractivity (Wildman–Crippen MR) is 90.9 cm³/mol. The standard InChI is InChI=1S/C16H14ClFN4O2S/c17-14-10-13(6-7-15(14)18)25(23,24)21-16(11-22-19-8-9-20-22)12-4-2-1-3-5-12/h1-10,16,21H,11H2/t16-/m1/s1. The molecule has 25 heavy (non-hydrogen) atoms. The average molecular weight is 381 g/mol. The molecule has 3 aromatic rings. The maximum atomic E-state index is 13.3. The van der Waals surface area contributed by atoms with E-state index in [1.54, 1.807) is 12.1 Å². The Morgan fingerprint density at radius 2 is 1.80 bits per heavy atom. The summed E-state index contributed by atoms with van der Waals surface area (Å²) in [5.41, 5.74) is 0.747. The van der Waals surface area contributed by atoms with Crippen molar-refractivity contribution in [3.8, 4) is 0 Å². The Balaban J connectivity index is 1.92. The quantitative estimate of drug-likeness (QED) is 0.713. The molecule has 1 heterocycles. The Kier molecular flexibility index (Phi) is 5.12. The van der Waals surface area contributed by atoms with Crippen molar-refractivity contribution in [2.75, 3.05) is 0 Å². The molecule has 3 rings (SSSR count). The van der Waals surface area contributed by atoms with Gasteiger partial charge in [-0.1, -0.05) is 41.9 Å². The maximum Gasteiger partial charge on any atom is 0.241 e. The molecule has 0 amide bonds. The summed E-state index contributed by atoms with van der Waals surface area (Å²) in [6.07, 6.45) is 3.02. The summed E-state index contributed by atoms with van der Waals surface area (Å²) >= 11 is 5.70. The fraction of sp³-hybridized carbons (Fsp3) is 0.125. The first kappa shape index (κ1) is 17.5. The SMILES string of the molecule is O=S(=O)(N[C@H](Cn1nccn1)c1ccccc1)c1ccc(F)c(Cl)c1. The van der Waals surface area contributed by atoms with Gasteiger partial charge >= 0.3 is 0 Å². The van der Waals surface area contributed by atoms with Crippen molar-refractivity contribution in [1.82, 2.24) is 19.7 Å². The zero-order valence-corrected chi connectivity index (χ0v) is 14.5. The zero-order chi connectivity index (χ0) is 17.9. The van der Waals surface area contributed by atoms with Gasteiger partial charge in [0.15, 0.2) is 0 Å². The smallest absolute Gasteiger partial charge is 0.207 e. The summed E-state index contributed by atoms with van der Waals surface area (Å²) < 4.78 is 41.2. The van der Waals surface area contributed by atoms with Gasteiger partial charge in [0.1, 0.15) is 5.82 Å². The number of hydrogen-bond donors (Lipinski definition) is 1. The Morgan fingerprint density at radius 3 is 2.44 bits per heavy atom. The van der Waals surface area contributed by atoms with Crippen molar-refractivity contribution in [3.05, 3.63) is 77.3 Å². The van der Waals surface area contributed by atoms with E-state index in [0.717, 1.165) is 23.8 Å². The molecule has 6 nitrogen and oxygen atoms in total. The van der Waals surface area contributed by atoms with Crippen LogP contribution >= 0.6 is 11.6 Å². The number of rotatable bonds is 6. The van der Waals surface area contributed by atoms with Crippen LogP contribution in [0.5, 0.6) is 0 Å². The topological polar surface area (TPSA) is 76.9 Å². The van der Waals surface area contributed by atoms with Gasteiger partial charge in [-0.25, -0.2) is 17.5 Å². The van der Waals surface area contributed by atoms with E-state index >= 15 is 0 Å². The second-order valence-corrected chi connectivity index (χ2v) is 7.37. The van der Waals surface area contributed by atoms with Crippen LogP contribution in [0.15, 0.2) is 65.8 Å². The first-order chi connectivity index (χ1) is 12.0. The lowest BCUT2D eigenvalue weighted by molar-refractivity contribution is 0.444. The highest BCUT2D eigenvalue weighted by Gasteiger charge is 2.23. The van der Waals surface area contributed by atoms with E-state index in [4.69, 9.17) is 11.6 Å². The lowest BCUT2D eigenvalue weighted by Gasteiger charge is -2.19. The molecular formula is C16H14ClFN4O2S. The highest BCUT2D eigenvalue weighted by Crippen LogP contribution is 2.22. The van der Waals surface area contributed by atoms with Crippen molar-refractivity contribution in [2.24, 2.45) is 0 Å². The van der Waals surface area contributed by atoms with Gasteiger partial charge in [-0.3, -0.25) is 0 Å². The van der Waals surface area contributed by atoms with Gasteiger partial charge in [0, 0.05) is 0 Å². The van der Waals surface area contributed by atoms with Crippen LogP contribution in [0.3, 0.4) is 0 Å². The molecular weight excluding hydrogens is 367 g/mol. The van der Waals surface area contributed by atoms with Crippen LogP contribution in [-0.4, -0.2) is 23.4 Å². The summed E-state index contributed by atoms with van der Waals surface area (Å²) in [6, 6.07) is 11.7. The molecule has 0 aliphatic rings. The van der Waals surface area contributed by atoms with Crippen molar-refractivity contribution < 1.29 is 12.8 Å². The summed E-state index contributed by atoms with van der Waals surface area (Å²) in [6.45, 7) is 0.200. The Bertz CT molecular complexity index is 950.